The van der Waals surface area contributed by atoms with Crippen LogP contribution in [-0.2, 0) is 0 Å². The molecule has 0 fully saturated rings. The van der Waals surface area contributed by atoms with Gasteiger partial charge in [-0.3, -0.25) is 0 Å². The van der Waals surface area contributed by atoms with E-state index in [4.69, 9.17) is 4.42 Å². The summed E-state index contributed by atoms with van der Waals surface area (Å²) in [7, 11) is 0. The van der Waals surface area contributed by atoms with Crippen molar-refractivity contribution in [1.82, 2.24) is 9.97 Å². The van der Waals surface area contributed by atoms with Gasteiger partial charge in [0.2, 0.25) is 0 Å². The van der Waals surface area contributed by atoms with Crippen molar-refractivity contribution >= 4 is 23.0 Å². The zero-order valence-electron chi connectivity index (χ0n) is 6.93. The van der Waals surface area contributed by atoms with Gasteiger partial charge in [0.05, 0.1) is 0 Å². The minimum atomic E-state index is 0.647. The third-order valence-corrected chi connectivity index (χ3v) is 2.29. The summed E-state index contributed by atoms with van der Waals surface area (Å²) in [6, 6.07) is 3.68. The number of nitrogens with zero attached hydrogens (tertiary/aromatic N) is 2. The summed E-state index contributed by atoms with van der Waals surface area (Å²) >= 11 is 1.51. The van der Waals surface area contributed by atoms with Gasteiger partial charge < -0.3 is 4.42 Å². The maximum atomic E-state index is 5.41. The van der Waals surface area contributed by atoms with Crippen LogP contribution in [0.2, 0.25) is 0 Å². The first kappa shape index (κ1) is 8.31. The molecule has 0 aliphatic carbocycles. The summed E-state index contributed by atoms with van der Waals surface area (Å²) in [5.74, 6) is 0.798. The van der Waals surface area contributed by atoms with E-state index in [1.54, 1.807) is 6.20 Å². The highest BCUT2D eigenvalue weighted by Gasteiger charge is 2.04. The van der Waals surface area contributed by atoms with E-state index in [0.717, 1.165) is 11.3 Å². The lowest BCUT2D eigenvalue weighted by Crippen LogP contribution is -1.74. The highest BCUT2D eigenvalue weighted by Crippen LogP contribution is 2.21. The molecule has 0 spiro atoms. The van der Waals surface area contributed by atoms with Crippen molar-refractivity contribution in [3.8, 4) is 0 Å². The fourth-order valence-corrected chi connectivity index (χ4v) is 1.50. The van der Waals surface area contributed by atoms with E-state index in [-0.39, 0.29) is 0 Å². The average molecular weight is 192 g/mol. The van der Waals surface area contributed by atoms with Gasteiger partial charge in [-0.25, -0.2) is 4.98 Å². The van der Waals surface area contributed by atoms with Gasteiger partial charge in [0.25, 0.3) is 5.22 Å². The number of aromatic nitrogens is 2. The fourth-order valence-electron chi connectivity index (χ4n) is 0.941. The van der Waals surface area contributed by atoms with E-state index in [1.807, 2.05) is 18.2 Å². The lowest BCUT2D eigenvalue weighted by molar-refractivity contribution is 0.490. The number of pyridine rings is 1. The molecule has 0 aromatic carbocycles. The Kier molecular flexibility index (Phi) is 2.31. The Bertz CT molecular complexity index is 391. The van der Waals surface area contributed by atoms with E-state index in [1.165, 1.54) is 11.8 Å². The van der Waals surface area contributed by atoms with Crippen LogP contribution in [0.25, 0.3) is 11.2 Å². The second-order valence-corrected chi connectivity index (χ2v) is 3.38. The highest BCUT2D eigenvalue weighted by molar-refractivity contribution is 7.99. The lowest BCUT2D eigenvalue weighted by atomic mass is 10.5. The lowest BCUT2D eigenvalue weighted by Gasteiger charge is -1.85. The minimum absolute atomic E-state index is 0.647. The van der Waals surface area contributed by atoms with Crippen molar-refractivity contribution in [2.24, 2.45) is 0 Å². The summed E-state index contributed by atoms with van der Waals surface area (Å²) < 4.78 is 5.41. The number of oxazole rings is 1. The van der Waals surface area contributed by atoms with Crippen LogP contribution >= 0.6 is 11.8 Å². The zero-order chi connectivity index (χ0) is 9.10. The molecule has 3 nitrogen and oxygen atoms in total. The molecule has 4 heteroatoms. The molecule has 0 atom stereocenters. The molecule has 0 radical (unpaired) electrons. The minimum Gasteiger partial charge on any atom is -0.430 e. The number of hydrogen-bond donors (Lipinski definition) is 0. The Balaban J connectivity index is 2.32. The van der Waals surface area contributed by atoms with Gasteiger partial charge in [-0.05, 0) is 12.1 Å². The first-order valence-electron chi connectivity index (χ1n) is 3.85. The van der Waals surface area contributed by atoms with Crippen LogP contribution in [0.15, 0.2) is 40.6 Å². The molecule has 0 aliphatic rings. The predicted molar refractivity (Wildman–Crippen MR) is 52.7 cm³/mol. The van der Waals surface area contributed by atoms with Crippen molar-refractivity contribution in [3.05, 3.63) is 31.0 Å². The number of rotatable bonds is 3. The molecule has 2 aromatic rings. The molecule has 0 saturated carbocycles. The van der Waals surface area contributed by atoms with E-state index in [9.17, 15) is 0 Å². The third kappa shape index (κ3) is 1.72. The van der Waals surface area contributed by atoms with E-state index in [0.29, 0.717) is 10.9 Å². The summed E-state index contributed by atoms with van der Waals surface area (Å²) in [5, 5.41) is 0.647. The molecule has 0 saturated heterocycles. The molecule has 2 aromatic heterocycles. The zero-order valence-corrected chi connectivity index (χ0v) is 7.75. The Morgan fingerprint density at radius 3 is 3.31 bits per heavy atom. The molecule has 0 aliphatic heterocycles. The predicted octanol–water partition coefficient (Wildman–Crippen LogP) is 2.50. The monoisotopic (exact) mass is 192 g/mol. The van der Waals surface area contributed by atoms with Crippen molar-refractivity contribution in [1.29, 1.82) is 0 Å². The van der Waals surface area contributed by atoms with E-state index >= 15 is 0 Å². The van der Waals surface area contributed by atoms with Crippen LogP contribution < -0.4 is 0 Å². The topological polar surface area (TPSA) is 38.9 Å². The second-order valence-electron chi connectivity index (χ2n) is 2.40. The smallest absolute Gasteiger partial charge is 0.258 e. The largest absolute Gasteiger partial charge is 0.430 e. The Hall–Kier alpha value is -1.29. The van der Waals surface area contributed by atoms with Gasteiger partial charge in [0, 0.05) is 11.9 Å². The van der Waals surface area contributed by atoms with Crippen LogP contribution in [0.5, 0.6) is 0 Å². The molecule has 66 valence electrons. The van der Waals surface area contributed by atoms with Gasteiger partial charge in [0.15, 0.2) is 11.2 Å². The van der Waals surface area contributed by atoms with Crippen LogP contribution in [0.3, 0.4) is 0 Å². The normalized spacial score (nSPS) is 10.5. The molecular weight excluding hydrogens is 184 g/mol. The van der Waals surface area contributed by atoms with Gasteiger partial charge >= 0.3 is 0 Å². The van der Waals surface area contributed by atoms with Crippen molar-refractivity contribution in [2.45, 2.75) is 5.22 Å². The van der Waals surface area contributed by atoms with Crippen molar-refractivity contribution < 1.29 is 4.42 Å². The van der Waals surface area contributed by atoms with Gasteiger partial charge in [0.1, 0.15) is 0 Å². The van der Waals surface area contributed by atoms with Gasteiger partial charge in [-0.2, -0.15) is 4.98 Å². The first-order valence-corrected chi connectivity index (χ1v) is 4.84. The second kappa shape index (κ2) is 3.62. The molecule has 0 N–H and O–H groups in total. The van der Waals surface area contributed by atoms with Crippen LogP contribution in [0.4, 0.5) is 0 Å². The standard InChI is InChI=1S/C9H8N2OS/c1-2-6-13-9-11-8-7(12-9)4-3-5-10-8/h2-5H,1,6H2. The highest BCUT2D eigenvalue weighted by atomic mass is 32.2. The van der Waals surface area contributed by atoms with E-state index in [2.05, 4.69) is 16.5 Å². The van der Waals surface area contributed by atoms with E-state index < -0.39 is 0 Å². The summed E-state index contributed by atoms with van der Waals surface area (Å²) in [6.07, 6.45) is 3.51. The molecule has 13 heavy (non-hydrogen) atoms. The molecule has 2 rings (SSSR count). The Labute approximate surface area is 79.9 Å². The molecular formula is C9H8N2OS. The molecule has 0 bridgehead atoms. The Morgan fingerprint density at radius 1 is 1.62 bits per heavy atom. The quantitative estimate of drug-likeness (QED) is 0.553. The number of thioether (sulfide) groups is 1. The number of hydrogen-bond acceptors (Lipinski definition) is 4. The van der Waals surface area contributed by atoms with Crippen molar-refractivity contribution in [3.63, 3.8) is 0 Å². The SMILES string of the molecule is C=CCSc1nc2ncccc2o1. The first-order chi connectivity index (χ1) is 6.40. The van der Waals surface area contributed by atoms with Gasteiger partial charge in [-0.15, -0.1) is 6.58 Å². The molecule has 0 unspecified atom stereocenters. The van der Waals surface area contributed by atoms with Crippen LogP contribution in [0, 0.1) is 0 Å². The summed E-state index contributed by atoms with van der Waals surface area (Å²) in [5.41, 5.74) is 1.39. The third-order valence-electron chi connectivity index (χ3n) is 1.47. The van der Waals surface area contributed by atoms with Gasteiger partial charge in [-0.1, -0.05) is 17.8 Å². The molecule has 2 heterocycles. The molecule has 0 amide bonds. The number of fused-ring (bicyclic) bond motifs is 1. The van der Waals surface area contributed by atoms with Crippen LogP contribution in [-0.4, -0.2) is 15.7 Å². The fraction of sp³-hybridized carbons (Fsp3) is 0.111. The Morgan fingerprint density at radius 2 is 2.54 bits per heavy atom. The maximum absolute atomic E-state index is 5.41. The summed E-state index contributed by atoms with van der Waals surface area (Å²) in [4.78, 5) is 8.25. The maximum Gasteiger partial charge on any atom is 0.258 e. The summed E-state index contributed by atoms with van der Waals surface area (Å²) in [6.45, 7) is 3.62. The van der Waals surface area contributed by atoms with Crippen molar-refractivity contribution in [2.75, 3.05) is 5.75 Å². The van der Waals surface area contributed by atoms with Crippen LogP contribution in [0.1, 0.15) is 0 Å². The average Bonchev–Trinajstić information content (AvgIpc) is 2.57.